The highest BCUT2D eigenvalue weighted by Gasteiger charge is 2.24. The summed E-state index contributed by atoms with van der Waals surface area (Å²) in [5.41, 5.74) is 0. The third kappa shape index (κ3) is 24.5. The number of unbranched alkanes of at least 4 members (excludes halogenated alkanes) is 12. The maximum atomic E-state index is 6.26. The Balaban J connectivity index is 3.57. The van der Waals surface area contributed by atoms with Gasteiger partial charge in [0.25, 0.3) is 0 Å². The molecule has 29 heavy (non-hydrogen) atoms. The van der Waals surface area contributed by atoms with E-state index in [1.54, 1.807) is 0 Å². The van der Waals surface area contributed by atoms with Crippen LogP contribution in [-0.4, -0.2) is 42.6 Å². The summed E-state index contributed by atoms with van der Waals surface area (Å²) in [6.45, 7) is 17.9. The maximum absolute atomic E-state index is 6.26. The SMILES string of the molecule is CCCCCCCCCCCCCCCOCC(CO[Si](C)(C)C)O[Si](C)(C)C. The molecule has 0 saturated heterocycles. The fourth-order valence-corrected chi connectivity index (χ4v) is 5.22. The van der Waals surface area contributed by atoms with Crippen molar-refractivity contribution in [1.82, 2.24) is 0 Å². The van der Waals surface area contributed by atoms with Crippen molar-refractivity contribution in [2.24, 2.45) is 0 Å². The first-order valence-corrected chi connectivity index (χ1v) is 19.4. The number of ether oxygens (including phenoxy) is 1. The highest BCUT2D eigenvalue weighted by atomic mass is 28.4. The molecule has 0 radical (unpaired) electrons. The summed E-state index contributed by atoms with van der Waals surface area (Å²) < 4.78 is 18.3. The Morgan fingerprint density at radius 2 is 1.00 bits per heavy atom. The molecule has 0 rings (SSSR count). The van der Waals surface area contributed by atoms with Crippen LogP contribution in [0.3, 0.4) is 0 Å². The number of hydrogen-bond acceptors (Lipinski definition) is 3. The van der Waals surface area contributed by atoms with E-state index in [1.807, 2.05) is 0 Å². The van der Waals surface area contributed by atoms with Gasteiger partial charge < -0.3 is 13.6 Å². The first kappa shape index (κ1) is 29.3. The van der Waals surface area contributed by atoms with E-state index in [2.05, 4.69) is 46.2 Å². The van der Waals surface area contributed by atoms with E-state index in [9.17, 15) is 0 Å². The van der Waals surface area contributed by atoms with Crippen molar-refractivity contribution in [2.75, 3.05) is 19.8 Å². The van der Waals surface area contributed by atoms with Gasteiger partial charge in [0.05, 0.1) is 19.3 Å². The van der Waals surface area contributed by atoms with Gasteiger partial charge in [0.2, 0.25) is 0 Å². The van der Waals surface area contributed by atoms with Gasteiger partial charge in [-0.15, -0.1) is 0 Å². The molecule has 176 valence electrons. The molecule has 0 aromatic heterocycles. The molecule has 0 amide bonds. The van der Waals surface area contributed by atoms with Crippen LogP contribution < -0.4 is 0 Å². The fourth-order valence-electron chi connectivity index (χ4n) is 3.40. The molecule has 3 nitrogen and oxygen atoms in total. The van der Waals surface area contributed by atoms with Crippen LogP contribution >= 0.6 is 0 Å². The van der Waals surface area contributed by atoms with Crippen LogP contribution in [-0.2, 0) is 13.6 Å². The fraction of sp³-hybridized carbons (Fsp3) is 1.00. The molecule has 0 aliphatic rings. The van der Waals surface area contributed by atoms with Crippen molar-refractivity contribution in [1.29, 1.82) is 0 Å². The van der Waals surface area contributed by atoms with Gasteiger partial charge in [-0.3, -0.25) is 0 Å². The Bertz CT molecular complexity index is 351. The van der Waals surface area contributed by atoms with Crippen molar-refractivity contribution >= 4 is 16.6 Å². The van der Waals surface area contributed by atoms with Crippen molar-refractivity contribution < 1.29 is 13.6 Å². The predicted octanol–water partition coefficient (Wildman–Crippen LogP) is 8.17. The molecule has 0 aliphatic carbocycles. The molecular weight excluding hydrogens is 392 g/mol. The molecule has 0 spiro atoms. The van der Waals surface area contributed by atoms with Crippen LogP contribution in [0.25, 0.3) is 0 Å². The Kier molecular flexibility index (Phi) is 18.1. The van der Waals surface area contributed by atoms with Crippen LogP contribution in [0.2, 0.25) is 39.3 Å². The van der Waals surface area contributed by atoms with Crippen LogP contribution in [0.4, 0.5) is 0 Å². The van der Waals surface area contributed by atoms with Crippen molar-refractivity contribution in [3.63, 3.8) is 0 Å². The van der Waals surface area contributed by atoms with Crippen molar-refractivity contribution in [2.45, 2.75) is 136 Å². The Morgan fingerprint density at radius 1 is 0.552 bits per heavy atom. The first-order valence-electron chi connectivity index (χ1n) is 12.5. The van der Waals surface area contributed by atoms with Crippen LogP contribution in [0.1, 0.15) is 90.4 Å². The second kappa shape index (κ2) is 17.9. The van der Waals surface area contributed by atoms with Gasteiger partial charge in [-0.05, 0) is 45.7 Å². The summed E-state index contributed by atoms with van der Waals surface area (Å²) in [4.78, 5) is 0. The van der Waals surface area contributed by atoms with E-state index in [1.165, 1.54) is 83.5 Å². The lowest BCUT2D eigenvalue weighted by Crippen LogP contribution is -2.40. The molecule has 0 aromatic rings. The van der Waals surface area contributed by atoms with E-state index in [-0.39, 0.29) is 6.10 Å². The number of rotatable bonds is 21. The van der Waals surface area contributed by atoms with Crippen LogP contribution in [0.15, 0.2) is 0 Å². The summed E-state index contributed by atoms with van der Waals surface area (Å²) in [6, 6.07) is 0. The lowest BCUT2D eigenvalue weighted by Gasteiger charge is -2.29. The minimum absolute atomic E-state index is 0.0929. The summed E-state index contributed by atoms with van der Waals surface area (Å²) in [5, 5.41) is 0. The van der Waals surface area contributed by atoms with E-state index in [0.29, 0.717) is 13.2 Å². The summed E-state index contributed by atoms with van der Waals surface area (Å²) in [7, 11) is -3.08. The zero-order valence-electron chi connectivity index (χ0n) is 21.1. The van der Waals surface area contributed by atoms with E-state index in [0.717, 1.165) is 6.61 Å². The zero-order chi connectivity index (χ0) is 22.0. The third-order valence-corrected chi connectivity index (χ3v) is 6.99. The van der Waals surface area contributed by atoms with Gasteiger partial charge in [-0.1, -0.05) is 84.0 Å². The molecule has 5 heteroatoms. The zero-order valence-corrected chi connectivity index (χ0v) is 23.1. The standard InChI is InChI=1S/C24H54O3Si2/c1-8-9-10-11-12-13-14-15-16-17-18-19-20-21-25-22-24(27-29(5,6)7)23-26-28(2,3)4/h24H,8-23H2,1-7H3. The Morgan fingerprint density at radius 3 is 1.41 bits per heavy atom. The largest absolute Gasteiger partial charge is 0.415 e. The number of hydrogen-bond donors (Lipinski definition) is 0. The summed E-state index contributed by atoms with van der Waals surface area (Å²) in [5.74, 6) is 0. The van der Waals surface area contributed by atoms with Gasteiger partial charge in [-0.2, -0.15) is 0 Å². The molecule has 0 fully saturated rings. The molecule has 1 atom stereocenters. The average Bonchev–Trinajstić information content (AvgIpc) is 2.61. The maximum Gasteiger partial charge on any atom is 0.184 e. The van der Waals surface area contributed by atoms with Gasteiger partial charge in [0.1, 0.15) is 0 Å². The highest BCUT2D eigenvalue weighted by molar-refractivity contribution is 6.70. The van der Waals surface area contributed by atoms with Gasteiger partial charge in [-0.25, -0.2) is 0 Å². The molecule has 0 saturated carbocycles. The average molecular weight is 447 g/mol. The van der Waals surface area contributed by atoms with Crippen molar-refractivity contribution in [3.8, 4) is 0 Å². The summed E-state index contributed by atoms with van der Waals surface area (Å²) in [6.07, 6.45) is 18.1. The molecule has 0 aromatic carbocycles. The normalized spacial score (nSPS) is 13.8. The molecule has 0 N–H and O–H groups in total. The Labute approximate surface area is 185 Å². The molecule has 0 aliphatic heterocycles. The molecule has 0 heterocycles. The predicted molar refractivity (Wildman–Crippen MR) is 134 cm³/mol. The smallest absolute Gasteiger partial charge is 0.184 e. The first-order chi connectivity index (χ1) is 13.6. The molecular formula is C24H54O3Si2. The monoisotopic (exact) mass is 446 g/mol. The van der Waals surface area contributed by atoms with Gasteiger partial charge in [0.15, 0.2) is 16.6 Å². The lowest BCUT2D eigenvalue weighted by molar-refractivity contribution is 0.0190. The minimum atomic E-state index is -1.57. The van der Waals surface area contributed by atoms with Crippen LogP contribution in [0, 0.1) is 0 Å². The summed E-state index contributed by atoms with van der Waals surface area (Å²) >= 11 is 0. The topological polar surface area (TPSA) is 27.7 Å². The minimum Gasteiger partial charge on any atom is -0.415 e. The second-order valence-corrected chi connectivity index (χ2v) is 19.6. The third-order valence-electron chi connectivity index (χ3n) is 4.92. The Hall–Kier alpha value is 0.314. The van der Waals surface area contributed by atoms with Gasteiger partial charge in [0, 0.05) is 6.61 Å². The quantitative estimate of drug-likeness (QED) is 0.131. The molecule has 1 unspecified atom stereocenters. The van der Waals surface area contributed by atoms with Crippen molar-refractivity contribution in [3.05, 3.63) is 0 Å². The molecule has 0 bridgehead atoms. The highest BCUT2D eigenvalue weighted by Crippen LogP contribution is 2.14. The lowest BCUT2D eigenvalue weighted by atomic mass is 10.0. The van der Waals surface area contributed by atoms with Gasteiger partial charge >= 0.3 is 0 Å². The van der Waals surface area contributed by atoms with E-state index in [4.69, 9.17) is 13.6 Å². The van der Waals surface area contributed by atoms with E-state index >= 15 is 0 Å². The van der Waals surface area contributed by atoms with Crippen LogP contribution in [0.5, 0.6) is 0 Å². The van der Waals surface area contributed by atoms with E-state index < -0.39 is 16.6 Å². The second-order valence-electron chi connectivity index (χ2n) is 10.6.